The summed E-state index contributed by atoms with van der Waals surface area (Å²) in [7, 11) is 0. The zero-order valence-corrected chi connectivity index (χ0v) is 17.3. The minimum absolute atomic E-state index is 0. The van der Waals surface area contributed by atoms with Crippen LogP contribution in [-0.4, -0.2) is 34.1 Å². The predicted octanol–water partition coefficient (Wildman–Crippen LogP) is 2.79. The summed E-state index contributed by atoms with van der Waals surface area (Å²) in [5, 5.41) is 10.4. The van der Waals surface area contributed by atoms with Gasteiger partial charge in [0.15, 0.2) is 0 Å². The molecule has 0 spiro atoms. The monoisotopic (exact) mass is 413 g/mol. The Morgan fingerprint density at radius 1 is 1.24 bits per heavy atom. The van der Waals surface area contributed by atoms with Crippen molar-refractivity contribution in [2.24, 2.45) is 0 Å². The van der Waals surface area contributed by atoms with Gasteiger partial charge in [0, 0.05) is 42.5 Å². The third kappa shape index (κ3) is 4.63. The van der Waals surface area contributed by atoms with Gasteiger partial charge < -0.3 is 15.2 Å². The Morgan fingerprint density at radius 2 is 2.03 bits per heavy atom. The predicted molar refractivity (Wildman–Crippen MR) is 112 cm³/mol. The first-order valence-corrected chi connectivity index (χ1v) is 9.47. The molecule has 1 aliphatic rings. The lowest BCUT2D eigenvalue weighted by atomic mass is 9.95. The first-order chi connectivity index (χ1) is 13.6. The van der Waals surface area contributed by atoms with Crippen LogP contribution < -0.4 is 10.6 Å². The van der Waals surface area contributed by atoms with Crippen molar-refractivity contribution in [2.45, 2.75) is 33.2 Å². The van der Waals surface area contributed by atoms with Gasteiger partial charge in [-0.1, -0.05) is 22.9 Å². The van der Waals surface area contributed by atoms with Gasteiger partial charge in [-0.15, -0.1) is 12.4 Å². The topological polar surface area (TPSA) is 92.9 Å². The Kier molecular flexibility index (Phi) is 6.61. The standard InChI is InChI=1S/C21H23N5O2.ClH/c1-13-3-5-15(6-4-13)21(27)23-10-8-18-25-20(26-28-18)19-14(2)24-12-16-11-22-9-7-17(16)19;/h3-6,12,22H,7-11H2,1-2H3,(H,23,27);1H. The van der Waals surface area contributed by atoms with E-state index in [0.717, 1.165) is 36.3 Å². The number of halogens is 1. The van der Waals surface area contributed by atoms with Crippen molar-refractivity contribution >= 4 is 18.3 Å². The Hall–Kier alpha value is -2.77. The second-order valence-electron chi connectivity index (χ2n) is 7.03. The number of pyridine rings is 1. The summed E-state index contributed by atoms with van der Waals surface area (Å²) in [5.41, 5.74) is 6.06. The molecule has 4 rings (SSSR count). The summed E-state index contributed by atoms with van der Waals surface area (Å²) in [6, 6.07) is 7.48. The molecule has 2 N–H and O–H groups in total. The largest absolute Gasteiger partial charge is 0.352 e. The highest BCUT2D eigenvalue weighted by molar-refractivity contribution is 5.94. The molecule has 0 bridgehead atoms. The Bertz CT molecular complexity index is 1000. The number of benzene rings is 1. The fraction of sp³-hybridized carbons (Fsp3) is 0.333. The molecule has 7 nitrogen and oxygen atoms in total. The van der Waals surface area contributed by atoms with Gasteiger partial charge in [-0.25, -0.2) is 0 Å². The van der Waals surface area contributed by atoms with Crippen LogP contribution in [0, 0.1) is 13.8 Å². The number of amides is 1. The summed E-state index contributed by atoms with van der Waals surface area (Å²) in [4.78, 5) is 21.2. The molecule has 0 fully saturated rings. The van der Waals surface area contributed by atoms with E-state index in [2.05, 4.69) is 25.8 Å². The molecule has 0 atom stereocenters. The van der Waals surface area contributed by atoms with Crippen molar-refractivity contribution in [1.29, 1.82) is 0 Å². The molecular formula is C21H24ClN5O2. The minimum Gasteiger partial charge on any atom is -0.352 e. The van der Waals surface area contributed by atoms with Gasteiger partial charge in [-0.3, -0.25) is 9.78 Å². The first kappa shape index (κ1) is 21.0. The van der Waals surface area contributed by atoms with Crippen LogP contribution in [0.3, 0.4) is 0 Å². The maximum absolute atomic E-state index is 12.2. The highest BCUT2D eigenvalue weighted by atomic mass is 35.5. The fourth-order valence-corrected chi connectivity index (χ4v) is 3.42. The van der Waals surface area contributed by atoms with Crippen molar-refractivity contribution in [3.05, 3.63) is 64.3 Å². The number of carbonyl (C=O) groups is 1. The number of nitrogens with zero attached hydrogens (tertiary/aromatic N) is 3. The minimum atomic E-state index is -0.107. The zero-order chi connectivity index (χ0) is 19.5. The number of aryl methyl sites for hydroxylation is 2. The van der Waals surface area contributed by atoms with Crippen molar-refractivity contribution in [1.82, 2.24) is 25.8 Å². The smallest absolute Gasteiger partial charge is 0.251 e. The normalized spacial score (nSPS) is 12.8. The fourth-order valence-electron chi connectivity index (χ4n) is 3.42. The quantitative estimate of drug-likeness (QED) is 0.668. The van der Waals surface area contributed by atoms with E-state index in [9.17, 15) is 4.79 Å². The highest BCUT2D eigenvalue weighted by Crippen LogP contribution is 2.28. The number of fused-ring (bicyclic) bond motifs is 1. The van der Waals surface area contributed by atoms with Crippen LogP contribution in [0.15, 0.2) is 35.0 Å². The van der Waals surface area contributed by atoms with Gasteiger partial charge in [0.05, 0.1) is 0 Å². The van der Waals surface area contributed by atoms with E-state index in [1.54, 1.807) is 0 Å². The SMILES string of the molecule is Cc1ccc(C(=O)NCCc2nc(-c3c(C)ncc4c3CCNC4)no2)cc1.Cl. The van der Waals surface area contributed by atoms with E-state index in [4.69, 9.17) is 4.52 Å². The number of hydrogen-bond acceptors (Lipinski definition) is 6. The molecule has 1 aliphatic heterocycles. The van der Waals surface area contributed by atoms with Gasteiger partial charge >= 0.3 is 0 Å². The van der Waals surface area contributed by atoms with Crippen LogP contribution >= 0.6 is 12.4 Å². The lowest BCUT2D eigenvalue weighted by molar-refractivity contribution is 0.0953. The molecule has 3 aromatic rings. The van der Waals surface area contributed by atoms with E-state index in [-0.39, 0.29) is 18.3 Å². The average molecular weight is 414 g/mol. The molecule has 8 heteroatoms. The van der Waals surface area contributed by atoms with Crippen LogP contribution in [0.2, 0.25) is 0 Å². The van der Waals surface area contributed by atoms with Gasteiger partial charge in [-0.2, -0.15) is 4.98 Å². The Morgan fingerprint density at radius 3 is 2.83 bits per heavy atom. The van der Waals surface area contributed by atoms with Gasteiger partial charge in [-0.05, 0) is 50.1 Å². The van der Waals surface area contributed by atoms with E-state index in [1.807, 2.05) is 44.3 Å². The molecule has 2 aromatic heterocycles. The molecule has 0 unspecified atom stereocenters. The molecule has 0 radical (unpaired) electrons. The van der Waals surface area contributed by atoms with Crippen LogP contribution in [0.25, 0.3) is 11.4 Å². The summed E-state index contributed by atoms with van der Waals surface area (Å²) in [6.07, 6.45) is 3.32. The molecule has 29 heavy (non-hydrogen) atoms. The average Bonchev–Trinajstić information content (AvgIpc) is 3.16. The molecule has 0 saturated heterocycles. The van der Waals surface area contributed by atoms with E-state index in [0.29, 0.717) is 30.2 Å². The Balaban J connectivity index is 0.00000240. The molecular weight excluding hydrogens is 390 g/mol. The van der Waals surface area contributed by atoms with E-state index >= 15 is 0 Å². The van der Waals surface area contributed by atoms with Crippen molar-refractivity contribution in [3.63, 3.8) is 0 Å². The van der Waals surface area contributed by atoms with Crippen LogP contribution in [0.1, 0.15) is 38.6 Å². The maximum Gasteiger partial charge on any atom is 0.251 e. The number of nitrogens with one attached hydrogen (secondary N) is 2. The van der Waals surface area contributed by atoms with E-state index < -0.39 is 0 Å². The second-order valence-corrected chi connectivity index (χ2v) is 7.03. The molecule has 3 heterocycles. The molecule has 1 aromatic carbocycles. The summed E-state index contributed by atoms with van der Waals surface area (Å²) in [5.74, 6) is 0.971. The van der Waals surface area contributed by atoms with Gasteiger partial charge in [0.25, 0.3) is 5.91 Å². The number of carbonyl (C=O) groups excluding carboxylic acids is 1. The summed E-state index contributed by atoms with van der Waals surface area (Å²) >= 11 is 0. The zero-order valence-electron chi connectivity index (χ0n) is 16.5. The lowest BCUT2D eigenvalue weighted by Crippen LogP contribution is -2.25. The highest BCUT2D eigenvalue weighted by Gasteiger charge is 2.21. The lowest BCUT2D eigenvalue weighted by Gasteiger charge is -2.19. The molecule has 152 valence electrons. The molecule has 0 aliphatic carbocycles. The van der Waals surface area contributed by atoms with Gasteiger partial charge in [0.1, 0.15) is 0 Å². The summed E-state index contributed by atoms with van der Waals surface area (Å²) < 4.78 is 5.41. The van der Waals surface area contributed by atoms with Crippen LogP contribution in [0.4, 0.5) is 0 Å². The van der Waals surface area contributed by atoms with Gasteiger partial charge in [0.2, 0.25) is 11.7 Å². The molecule has 1 amide bonds. The Labute approximate surface area is 175 Å². The first-order valence-electron chi connectivity index (χ1n) is 9.47. The van der Waals surface area contributed by atoms with Crippen LogP contribution in [0.5, 0.6) is 0 Å². The number of hydrogen-bond donors (Lipinski definition) is 2. The third-order valence-corrected chi connectivity index (χ3v) is 4.96. The third-order valence-electron chi connectivity index (χ3n) is 4.96. The van der Waals surface area contributed by atoms with E-state index in [1.165, 1.54) is 11.1 Å². The number of rotatable bonds is 5. The van der Waals surface area contributed by atoms with Crippen LogP contribution in [-0.2, 0) is 19.4 Å². The number of aromatic nitrogens is 3. The summed E-state index contributed by atoms with van der Waals surface area (Å²) in [6.45, 7) is 6.13. The van der Waals surface area contributed by atoms with Crippen molar-refractivity contribution < 1.29 is 9.32 Å². The maximum atomic E-state index is 12.2. The second kappa shape index (κ2) is 9.15. The molecule has 0 saturated carbocycles. The van der Waals surface area contributed by atoms with Crippen molar-refractivity contribution in [3.8, 4) is 11.4 Å². The van der Waals surface area contributed by atoms with Crippen molar-refractivity contribution in [2.75, 3.05) is 13.1 Å².